The predicted octanol–water partition coefficient (Wildman–Crippen LogP) is 4.19. The highest BCUT2D eigenvalue weighted by Gasteiger charge is 2.46. The van der Waals surface area contributed by atoms with Gasteiger partial charge in [0.2, 0.25) is 5.91 Å². The standard InChI is InChI=1S/C27H26N2O5/c1-32-18-8-6-7-17(14-18)28-26(30)24-19-9-4-5-10-20(19)27(31)29-12-11-16-13-22(33-2)23(34-3)15-21(16)25(24)29/h4-10,13-15,24-25H,11-12H2,1-3H3,(H,28,30)/t24-,25-/m0/s1. The first-order chi connectivity index (χ1) is 16.5. The highest BCUT2D eigenvalue weighted by molar-refractivity contribution is 6.04. The summed E-state index contributed by atoms with van der Waals surface area (Å²) in [6.45, 7) is 0.517. The second-order valence-corrected chi connectivity index (χ2v) is 8.39. The monoisotopic (exact) mass is 458 g/mol. The number of amides is 2. The minimum Gasteiger partial charge on any atom is -0.497 e. The molecule has 5 rings (SSSR count). The van der Waals surface area contributed by atoms with Gasteiger partial charge in [-0.25, -0.2) is 0 Å². The lowest BCUT2D eigenvalue weighted by atomic mass is 9.75. The van der Waals surface area contributed by atoms with Gasteiger partial charge in [0.1, 0.15) is 5.75 Å². The number of fused-ring (bicyclic) bond motifs is 4. The number of hydrogen-bond donors (Lipinski definition) is 1. The number of carbonyl (C=O) groups is 2. The van der Waals surface area contributed by atoms with Crippen molar-refractivity contribution < 1.29 is 23.8 Å². The number of ether oxygens (including phenoxy) is 3. The molecule has 0 aliphatic carbocycles. The maximum Gasteiger partial charge on any atom is 0.254 e. The van der Waals surface area contributed by atoms with E-state index >= 15 is 0 Å². The third-order valence-electron chi connectivity index (χ3n) is 6.64. The number of nitrogens with zero attached hydrogens (tertiary/aromatic N) is 1. The summed E-state index contributed by atoms with van der Waals surface area (Å²) < 4.78 is 16.3. The predicted molar refractivity (Wildman–Crippen MR) is 128 cm³/mol. The van der Waals surface area contributed by atoms with E-state index < -0.39 is 12.0 Å². The average Bonchev–Trinajstić information content (AvgIpc) is 2.88. The van der Waals surface area contributed by atoms with Gasteiger partial charge >= 0.3 is 0 Å². The van der Waals surface area contributed by atoms with Crippen molar-refractivity contribution in [3.63, 3.8) is 0 Å². The molecule has 0 spiro atoms. The minimum atomic E-state index is -0.600. The zero-order valence-electron chi connectivity index (χ0n) is 19.3. The van der Waals surface area contributed by atoms with Crippen molar-refractivity contribution in [3.05, 3.63) is 82.9 Å². The summed E-state index contributed by atoms with van der Waals surface area (Å²) in [6, 6.07) is 18.0. The van der Waals surface area contributed by atoms with Gasteiger partial charge in [-0.3, -0.25) is 9.59 Å². The summed E-state index contributed by atoms with van der Waals surface area (Å²) in [7, 11) is 4.77. The zero-order valence-corrected chi connectivity index (χ0v) is 19.3. The summed E-state index contributed by atoms with van der Waals surface area (Å²) in [5.74, 6) is 1.00. The van der Waals surface area contributed by atoms with E-state index in [1.54, 1.807) is 33.5 Å². The Bertz CT molecular complexity index is 1270. The fourth-order valence-electron chi connectivity index (χ4n) is 5.06. The molecule has 0 fully saturated rings. The molecule has 0 radical (unpaired) electrons. The van der Waals surface area contributed by atoms with Crippen LogP contribution in [0.5, 0.6) is 17.2 Å². The van der Waals surface area contributed by atoms with Gasteiger partial charge < -0.3 is 24.4 Å². The van der Waals surface area contributed by atoms with Crippen molar-refractivity contribution in [2.24, 2.45) is 0 Å². The van der Waals surface area contributed by atoms with Crippen LogP contribution in [0.2, 0.25) is 0 Å². The first-order valence-electron chi connectivity index (χ1n) is 11.1. The van der Waals surface area contributed by atoms with E-state index in [1.165, 1.54) is 0 Å². The Balaban J connectivity index is 1.64. The van der Waals surface area contributed by atoms with Crippen LogP contribution in [0, 0.1) is 0 Å². The number of rotatable bonds is 5. The van der Waals surface area contributed by atoms with Crippen molar-refractivity contribution in [3.8, 4) is 17.2 Å². The van der Waals surface area contributed by atoms with Crippen molar-refractivity contribution in [1.29, 1.82) is 0 Å². The molecule has 7 heteroatoms. The van der Waals surface area contributed by atoms with Crippen molar-refractivity contribution in [2.75, 3.05) is 33.2 Å². The molecule has 2 atom stereocenters. The van der Waals surface area contributed by atoms with Gasteiger partial charge in [-0.05, 0) is 53.4 Å². The van der Waals surface area contributed by atoms with Gasteiger partial charge in [0.15, 0.2) is 11.5 Å². The summed E-state index contributed by atoms with van der Waals surface area (Å²) in [5.41, 5.74) is 3.86. The van der Waals surface area contributed by atoms with Gasteiger partial charge in [-0.2, -0.15) is 0 Å². The van der Waals surface area contributed by atoms with Crippen LogP contribution in [0.1, 0.15) is 39.0 Å². The zero-order chi connectivity index (χ0) is 23.8. The van der Waals surface area contributed by atoms with Crippen molar-refractivity contribution >= 4 is 17.5 Å². The first-order valence-corrected chi connectivity index (χ1v) is 11.1. The van der Waals surface area contributed by atoms with Crippen LogP contribution >= 0.6 is 0 Å². The summed E-state index contributed by atoms with van der Waals surface area (Å²) in [6.07, 6.45) is 0.671. The fraction of sp³-hybridized carbons (Fsp3) is 0.259. The molecular weight excluding hydrogens is 432 g/mol. The Morgan fingerprint density at radius 1 is 0.912 bits per heavy atom. The van der Waals surface area contributed by atoms with Gasteiger partial charge in [0, 0.05) is 23.9 Å². The molecule has 2 aliphatic rings. The van der Waals surface area contributed by atoms with E-state index in [0.717, 1.165) is 16.7 Å². The third-order valence-corrected chi connectivity index (χ3v) is 6.64. The number of methoxy groups -OCH3 is 3. The first kappa shape index (κ1) is 21.8. The Kier molecular flexibility index (Phi) is 5.61. The number of benzene rings is 3. The Hall–Kier alpha value is -4.00. The molecule has 0 saturated carbocycles. The molecule has 0 bridgehead atoms. The number of hydrogen-bond acceptors (Lipinski definition) is 5. The quantitative estimate of drug-likeness (QED) is 0.621. The van der Waals surface area contributed by atoms with Gasteiger partial charge in [0.05, 0.1) is 33.3 Å². The number of anilines is 1. The van der Waals surface area contributed by atoms with Gasteiger partial charge in [-0.1, -0.05) is 24.3 Å². The van der Waals surface area contributed by atoms with Crippen LogP contribution in [0.4, 0.5) is 5.69 Å². The smallest absolute Gasteiger partial charge is 0.254 e. The summed E-state index contributed by atoms with van der Waals surface area (Å²) >= 11 is 0. The molecule has 0 aromatic heterocycles. The molecule has 1 N–H and O–H groups in total. The molecule has 34 heavy (non-hydrogen) atoms. The summed E-state index contributed by atoms with van der Waals surface area (Å²) in [4.78, 5) is 29.1. The fourth-order valence-corrected chi connectivity index (χ4v) is 5.06. The lowest BCUT2D eigenvalue weighted by Gasteiger charge is -2.45. The van der Waals surface area contributed by atoms with Crippen LogP contribution in [-0.2, 0) is 11.2 Å². The van der Waals surface area contributed by atoms with E-state index in [0.29, 0.717) is 41.5 Å². The molecule has 2 aliphatic heterocycles. The van der Waals surface area contributed by atoms with E-state index in [2.05, 4.69) is 5.32 Å². The Morgan fingerprint density at radius 2 is 1.68 bits per heavy atom. The molecule has 0 unspecified atom stereocenters. The van der Waals surface area contributed by atoms with Gasteiger partial charge in [0.25, 0.3) is 5.91 Å². The van der Waals surface area contributed by atoms with E-state index in [1.807, 2.05) is 53.4 Å². The lowest BCUT2D eigenvalue weighted by Crippen LogP contribution is -2.49. The number of carbonyl (C=O) groups excluding carboxylic acids is 2. The normalized spacial score (nSPS) is 18.3. The number of nitrogens with one attached hydrogen (secondary N) is 1. The topological polar surface area (TPSA) is 77.1 Å². The second-order valence-electron chi connectivity index (χ2n) is 8.39. The third kappa shape index (κ3) is 3.53. The largest absolute Gasteiger partial charge is 0.497 e. The van der Waals surface area contributed by atoms with E-state index in [9.17, 15) is 9.59 Å². The molecule has 0 saturated heterocycles. The van der Waals surface area contributed by atoms with Crippen LogP contribution < -0.4 is 19.5 Å². The van der Waals surface area contributed by atoms with Crippen molar-refractivity contribution in [1.82, 2.24) is 4.90 Å². The minimum absolute atomic E-state index is 0.0635. The van der Waals surface area contributed by atoms with E-state index in [-0.39, 0.29) is 11.8 Å². The van der Waals surface area contributed by atoms with Crippen LogP contribution in [0.25, 0.3) is 0 Å². The molecule has 2 heterocycles. The second kappa shape index (κ2) is 8.74. The Labute approximate surface area is 198 Å². The SMILES string of the molecule is COc1cccc(NC(=O)[C@H]2c3ccccc3C(=O)N3CCc4cc(OC)c(OC)cc4[C@@H]23)c1. The molecule has 3 aromatic rings. The van der Waals surface area contributed by atoms with Gasteiger partial charge in [-0.15, -0.1) is 0 Å². The average molecular weight is 459 g/mol. The molecule has 3 aromatic carbocycles. The molecular formula is C27H26N2O5. The highest BCUT2D eigenvalue weighted by Crippen LogP contribution is 2.48. The van der Waals surface area contributed by atoms with Crippen molar-refractivity contribution in [2.45, 2.75) is 18.4 Å². The molecule has 2 amide bonds. The van der Waals surface area contributed by atoms with Crippen LogP contribution in [0.3, 0.4) is 0 Å². The maximum absolute atomic E-state index is 13.8. The lowest BCUT2D eigenvalue weighted by molar-refractivity contribution is -0.119. The highest BCUT2D eigenvalue weighted by atomic mass is 16.5. The van der Waals surface area contributed by atoms with Crippen LogP contribution in [0.15, 0.2) is 60.7 Å². The maximum atomic E-state index is 13.8. The molecule has 174 valence electrons. The summed E-state index contributed by atoms with van der Waals surface area (Å²) in [5, 5.41) is 3.04. The van der Waals surface area contributed by atoms with Crippen LogP contribution in [-0.4, -0.2) is 44.6 Å². The van der Waals surface area contributed by atoms with E-state index in [4.69, 9.17) is 14.2 Å². The Morgan fingerprint density at radius 3 is 2.44 bits per heavy atom. The molecule has 7 nitrogen and oxygen atoms in total.